The van der Waals surface area contributed by atoms with E-state index in [4.69, 9.17) is 4.74 Å². The van der Waals surface area contributed by atoms with E-state index < -0.39 is 0 Å². The highest BCUT2D eigenvalue weighted by atomic mass is 16.5. The number of piperazine rings is 1. The molecular weight excluding hydrogens is 416 g/mol. The Bertz CT molecular complexity index is 682. The molecule has 0 radical (unpaired) electrons. The number of likely N-dealkylation sites (tertiary alicyclic amines) is 1. The standard InChI is InChI=1S/C26H48N4O3/c1-18(2)14-22-24(31)30(12-10-27-22)23(15-19(3)4)25(32)29-11-9-26(16-20(29)5)17-21(28(6)7)8-13-33-26/h18-23,27H,8-17H2,1-7H3/t20-,21?,22-,23-,26?/m0/s1. The lowest BCUT2D eigenvalue weighted by Gasteiger charge is -2.51. The van der Waals surface area contributed by atoms with Crippen LogP contribution in [-0.2, 0) is 14.3 Å². The molecule has 2 amide bonds. The van der Waals surface area contributed by atoms with Gasteiger partial charge in [0.1, 0.15) is 6.04 Å². The van der Waals surface area contributed by atoms with E-state index in [0.717, 1.165) is 45.3 Å². The topological polar surface area (TPSA) is 65.1 Å². The van der Waals surface area contributed by atoms with Gasteiger partial charge in [-0.15, -0.1) is 0 Å². The zero-order chi connectivity index (χ0) is 24.3. The highest BCUT2D eigenvalue weighted by molar-refractivity contribution is 5.90. The third-order valence-corrected chi connectivity index (χ3v) is 7.88. The van der Waals surface area contributed by atoms with E-state index in [-0.39, 0.29) is 35.5 Å². The van der Waals surface area contributed by atoms with E-state index in [0.29, 0.717) is 37.4 Å². The molecule has 0 aromatic heterocycles. The second kappa shape index (κ2) is 11.0. The average molecular weight is 465 g/mol. The summed E-state index contributed by atoms with van der Waals surface area (Å²) >= 11 is 0. The first-order chi connectivity index (χ1) is 15.5. The van der Waals surface area contributed by atoms with Crippen LogP contribution < -0.4 is 5.32 Å². The molecule has 3 aliphatic rings. The molecule has 1 N–H and O–H groups in total. The highest BCUT2D eigenvalue weighted by Gasteiger charge is 2.46. The maximum absolute atomic E-state index is 13.9. The summed E-state index contributed by atoms with van der Waals surface area (Å²) in [4.78, 5) is 33.5. The SMILES string of the molecule is CC(C)C[C@@H]1NCCN([C@@H](CC(C)C)C(=O)N2CCC3(CC(N(C)C)CCO3)C[C@@H]2C)C1=O. The molecule has 190 valence electrons. The van der Waals surface area contributed by atoms with Crippen molar-refractivity contribution in [1.82, 2.24) is 20.0 Å². The van der Waals surface area contributed by atoms with Crippen molar-refractivity contribution in [1.29, 1.82) is 0 Å². The summed E-state index contributed by atoms with van der Waals surface area (Å²) in [6.07, 6.45) is 5.40. The van der Waals surface area contributed by atoms with E-state index in [1.54, 1.807) is 0 Å². The van der Waals surface area contributed by atoms with Gasteiger partial charge in [0.25, 0.3) is 0 Å². The van der Waals surface area contributed by atoms with Crippen molar-refractivity contribution < 1.29 is 14.3 Å². The number of hydrogen-bond acceptors (Lipinski definition) is 5. The Morgan fingerprint density at radius 2 is 1.91 bits per heavy atom. The molecule has 0 aliphatic carbocycles. The van der Waals surface area contributed by atoms with Gasteiger partial charge >= 0.3 is 0 Å². The van der Waals surface area contributed by atoms with Crippen molar-refractivity contribution in [2.75, 3.05) is 40.3 Å². The van der Waals surface area contributed by atoms with Crippen molar-refractivity contribution >= 4 is 11.8 Å². The molecule has 0 aromatic rings. The lowest BCUT2D eigenvalue weighted by Crippen LogP contribution is -2.64. The quantitative estimate of drug-likeness (QED) is 0.628. The summed E-state index contributed by atoms with van der Waals surface area (Å²) in [5.74, 6) is 1.01. The summed E-state index contributed by atoms with van der Waals surface area (Å²) in [5.41, 5.74) is -0.121. The van der Waals surface area contributed by atoms with Gasteiger partial charge < -0.3 is 24.8 Å². The predicted molar refractivity (Wildman–Crippen MR) is 132 cm³/mol. The fourth-order valence-electron chi connectivity index (χ4n) is 6.10. The smallest absolute Gasteiger partial charge is 0.245 e. The second-order valence-electron chi connectivity index (χ2n) is 11.8. The van der Waals surface area contributed by atoms with Gasteiger partial charge in [-0.2, -0.15) is 0 Å². The monoisotopic (exact) mass is 464 g/mol. The summed E-state index contributed by atoms with van der Waals surface area (Å²) in [6, 6.07) is 0.110. The molecule has 7 heteroatoms. The normalized spacial score (nSPS) is 32.3. The molecule has 3 heterocycles. The van der Waals surface area contributed by atoms with Crippen LogP contribution in [0.2, 0.25) is 0 Å². The molecule has 0 saturated carbocycles. The van der Waals surface area contributed by atoms with Crippen LogP contribution in [0, 0.1) is 11.8 Å². The molecular formula is C26H48N4O3. The van der Waals surface area contributed by atoms with E-state index >= 15 is 0 Å². The minimum absolute atomic E-state index is 0.0968. The fraction of sp³-hybridized carbons (Fsp3) is 0.923. The second-order valence-corrected chi connectivity index (χ2v) is 11.8. The average Bonchev–Trinajstić information content (AvgIpc) is 2.73. The largest absolute Gasteiger partial charge is 0.375 e. The predicted octanol–water partition coefficient (Wildman–Crippen LogP) is 2.74. The molecule has 3 fully saturated rings. The Kier molecular flexibility index (Phi) is 8.84. The van der Waals surface area contributed by atoms with E-state index in [1.807, 2.05) is 9.80 Å². The Morgan fingerprint density at radius 3 is 2.52 bits per heavy atom. The first-order valence-corrected chi connectivity index (χ1v) is 13.2. The summed E-state index contributed by atoms with van der Waals surface area (Å²) in [5, 5.41) is 3.38. The van der Waals surface area contributed by atoms with Crippen LogP contribution >= 0.6 is 0 Å². The Labute approximate surface area is 201 Å². The number of amides is 2. The number of carbonyl (C=O) groups excluding carboxylic acids is 2. The van der Waals surface area contributed by atoms with Crippen LogP contribution in [0.1, 0.15) is 73.1 Å². The first kappa shape index (κ1) is 26.4. The maximum atomic E-state index is 13.9. The fourth-order valence-corrected chi connectivity index (χ4v) is 6.10. The van der Waals surface area contributed by atoms with Crippen LogP contribution in [0.3, 0.4) is 0 Å². The number of rotatable bonds is 7. The number of piperidine rings is 1. The number of nitrogens with zero attached hydrogens (tertiary/aromatic N) is 3. The van der Waals surface area contributed by atoms with E-state index in [2.05, 4.69) is 58.9 Å². The van der Waals surface area contributed by atoms with Crippen LogP contribution in [-0.4, -0.2) is 96.6 Å². The van der Waals surface area contributed by atoms with Crippen LogP contribution in [0.15, 0.2) is 0 Å². The molecule has 3 saturated heterocycles. The zero-order valence-corrected chi connectivity index (χ0v) is 22.1. The number of ether oxygens (including phenoxy) is 1. The first-order valence-electron chi connectivity index (χ1n) is 13.2. The number of hydrogen-bond donors (Lipinski definition) is 1. The van der Waals surface area contributed by atoms with E-state index in [9.17, 15) is 9.59 Å². The maximum Gasteiger partial charge on any atom is 0.245 e. The molecule has 3 rings (SSSR count). The third-order valence-electron chi connectivity index (χ3n) is 7.88. The lowest BCUT2D eigenvalue weighted by atomic mass is 9.79. The molecule has 33 heavy (non-hydrogen) atoms. The van der Waals surface area contributed by atoms with Crippen LogP contribution in [0.5, 0.6) is 0 Å². The van der Waals surface area contributed by atoms with Gasteiger partial charge in [0, 0.05) is 38.3 Å². The van der Waals surface area contributed by atoms with Crippen LogP contribution in [0.4, 0.5) is 0 Å². The van der Waals surface area contributed by atoms with Gasteiger partial charge in [-0.05, 0) is 71.4 Å². The van der Waals surface area contributed by atoms with Crippen molar-refractivity contribution in [2.45, 2.75) is 103 Å². The van der Waals surface area contributed by atoms with Gasteiger partial charge in [-0.1, -0.05) is 27.7 Å². The molecule has 0 aromatic carbocycles. The molecule has 7 nitrogen and oxygen atoms in total. The highest BCUT2D eigenvalue weighted by Crippen LogP contribution is 2.39. The van der Waals surface area contributed by atoms with Crippen molar-refractivity contribution in [3.63, 3.8) is 0 Å². The summed E-state index contributed by atoms with van der Waals surface area (Å²) in [7, 11) is 4.30. The van der Waals surface area contributed by atoms with Crippen LogP contribution in [0.25, 0.3) is 0 Å². The zero-order valence-electron chi connectivity index (χ0n) is 22.1. The Morgan fingerprint density at radius 1 is 1.18 bits per heavy atom. The van der Waals surface area contributed by atoms with Gasteiger partial charge in [0.2, 0.25) is 11.8 Å². The molecule has 2 unspecified atom stereocenters. The molecule has 3 aliphatic heterocycles. The minimum atomic E-state index is -0.368. The molecule has 0 bridgehead atoms. The van der Waals surface area contributed by atoms with Gasteiger partial charge in [0.15, 0.2) is 0 Å². The minimum Gasteiger partial charge on any atom is -0.375 e. The van der Waals surface area contributed by atoms with E-state index in [1.165, 1.54) is 0 Å². The summed E-state index contributed by atoms with van der Waals surface area (Å²) < 4.78 is 6.36. The molecule has 1 spiro atoms. The lowest BCUT2D eigenvalue weighted by molar-refractivity contribution is -0.163. The Balaban J connectivity index is 1.73. The van der Waals surface area contributed by atoms with Crippen molar-refractivity contribution in [3.05, 3.63) is 0 Å². The Hall–Kier alpha value is -1.18. The number of nitrogens with one attached hydrogen (secondary N) is 1. The van der Waals surface area contributed by atoms with Gasteiger partial charge in [0.05, 0.1) is 11.6 Å². The van der Waals surface area contributed by atoms with Gasteiger partial charge in [-0.3, -0.25) is 9.59 Å². The van der Waals surface area contributed by atoms with Crippen molar-refractivity contribution in [2.24, 2.45) is 11.8 Å². The van der Waals surface area contributed by atoms with Crippen molar-refractivity contribution in [3.8, 4) is 0 Å². The number of carbonyl (C=O) groups is 2. The summed E-state index contributed by atoms with van der Waals surface area (Å²) in [6.45, 7) is 13.6. The third kappa shape index (κ3) is 6.29. The van der Waals surface area contributed by atoms with Gasteiger partial charge in [-0.25, -0.2) is 0 Å². The molecule has 5 atom stereocenters.